The maximum atomic E-state index is 13.5. The predicted octanol–water partition coefficient (Wildman–Crippen LogP) is 1.13. The highest BCUT2D eigenvalue weighted by molar-refractivity contribution is 14.1. The number of halogens is 1. The van der Waals surface area contributed by atoms with Crippen LogP contribution in [0.25, 0.3) is 0 Å². The van der Waals surface area contributed by atoms with Gasteiger partial charge in [0.2, 0.25) is 5.91 Å². The van der Waals surface area contributed by atoms with Crippen LogP contribution in [0.3, 0.4) is 0 Å². The summed E-state index contributed by atoms with van der Waals surface area (Å²) in [5.41, 5.74) is 1.02. The fourth-order valence-corrected chi connectivity index (χ4v) is 5.61. The normalized spacial score (nSPS) is 25.4. The summed E-state index contributed by atoms with van der Waals surface area (Å²) in [4.78, 5) is 28.2. The maximum absolute atomic E-state index is 13.5. The van der Waals surface area contributed by atoms with Crippen LogP contribution in [0.1, 0.15) is 37.7 Å². The molecule has 1 saturated carbocycles. The molecule has 2 fully saturated rings. The molecular weight excluding hydrogens is 595 g/mol. The molecule has 1 aromatic carbocycles. The van der Waals surface area contributed by atoms with Crippen LogP contribution in [-0.4, -0.2) is 89.8 Å². The van der Waals surface area contributed by atoms with Crippen LogP contribution in [0.15, 0.2) is 23.8 Å². The van der Waals surface area contributed by atoms with E-state index in [-0.39, 0.29) is 38.0 Å². The zero-order valence-corrected chi connectivity index (χ0v) is 23.1. The first-order valence-electron chi connectivity index (χ1n) is 12.7. The molecule has 0 aromatic heterocycles. The topological polar surface area (TPSA) is 138 Å². The van der Waals surface area contributed by atoms with E-state index in [9.17, 15) is 24.9 Å². The third kappa shape index (κ3) is 6.75. The molecule has 1 saturated heterocycles. The molecule has 0 bridgehead atoms. The summed E-state index contributed by atoms with van der Waals surface area (Å²) in [7, 11) is 1.49. The Balaban J connectivity index is 1.67. The fraction of sp³-hybridized carbons (Fsp3) is 0.615. The van der Waals surface area contributed by atoms with E-state index in [4.69, 9.17) is 14.2 Å². The van der Waals surface area contributed by atoms with Crippen molar-refractivity contribution in [2.45, 2.75) is 63.1 Å². The summed E-state index contributed by atoms with van der Waals surface area (Å²) in [6.07, 6.45) is 2.60. The van der Waals surface area contributed by atoms with Crippen LogP contribution in [0, 0.1) is 9.49 Å². The zero-order chi connectivity index (χ0) is 26.5. The predicted molar refractivity (Wildman–Crippen MR) is 142 cm³/mol. The Morgan fingerprint density at radius 3 is 2.65 bits per heavy atom. The molecule has 2 amide bonds. The largest absolute Gasteiger partial charge is 0.493 e. The lowest BCUT2D eigenvalue weighted by atomic mass is 9.87. The van der Waals surface area contributed by atoms with Gasteiger partial charge in [0.1, 0.15) is 18.3 Å². The molecule has 204 valence electrons. The van der Waals surface area contributed by atoms with Gasteiger partial charge in [-0.3, -0.25) is 9.59 Å². The molecule has 0 radical (unpaired) electrons. The van der Waals surface area contributed by atoms with Gasteiger partial charge in [0.15, 0.2) is 11.5 Å². The van der Waals surface area contributed by atoms with Crippen LogP contribution in [0.4, 0.5) is 0 Å². The van der Waals surface area contributed by atoms with Gasteiger partial charge in [-0.15, -0.1) is 0 Å². The third-order valence-corrected chi connectivity index (χ3v) is 7.78. The van der Waals surface area contributed by atoms with Crippen molar-refractivity contribution in [1.29, 1.82) is 0 Å². The lowest BCUT2D eigenvalue weighted by Gasteiger charge is -2.41. The first-order chi connectivity index (χ1) is 17.9. The second-order valence-electron chi connectivity index (χ2n) is 9.72. The lowest BCUT2D eigenvalue weighted by Crippen LogP contribution is -2.57. The number of hydrogen-bond acceptors (Lipinski definition) is 8. The molecule has 37 heavy (non-hydrogen) atoms. The Hall–Kier alpha value is -1.93. The Labute approximate surface area is 230 Å². The quantitative estimate of drug-likeness (QED) is 0.267. The molecule has 4 rings (SSSR count). The number of hydrogen-bond donors (Lipinski definition) is 4. The second kappa shape index (κ2) is 12.7. The SMILES string of the molecule is COc1cc(CO)cc(I)c1O[C@H]1C=C(C(=O)NCCO)C[C@@H](N(CC2CC2)C(=O)C2CCCO2)[C@@H]1O. The Kier molecular flexibility index (Phi) is 9.67. The van der Waals surface area contributed by atoms with E-state index in [2.05, 4.69) is 27.9 Å². The Bertz CT molecular complexity index is 1010. The third-order valence-electron chi connectivity index (χ3n) is 6.98. The van der Waals surface area contributed by atoms with Crippen molar-refractivity contribution in [2.24, 2.45) is 5.92 Å². The van der Waals surface area contributed by atoms with Crippen molar-refractivity contribution < 1.29 is 39.1 Å². The second-order valence-corrected chi connectivity index (χ2v) is 10.9. The van der Waals surface area contributed by atoms with Crippen molar-refractivity contribution >= 4 is 34.4 Å². The van der Waals surface area contributed by atoms with Crippen molar-refractivity contribution in [3.05, 3.63) is 32.9 Å². The molecule has 4 atom stereocenters. The van der Waals surface area contributed by atoms with Crippen molar-refractivity contribution in [3.63, 3.8) is 0 Å². The summed E-state index contributed by atoms with van der Waals surface area (Å²) in [5, 5.41) is 33.0. The van der Waals surface area contributed by atoms with Crippen molar-refractivity contribution in [1.82, 2.24) is 10.2 Å². The Morgan fingerprint density at radius 2 is 2.03 bits per heavy atom. The number of nitrogens with one attached hydrogen (secondary N) is 1. The summed E-state index contributed by atoms with van der Waals surface area (Å²) in [6, 6.07) is 2.72. The highest BCUT2D eigenvalue weighted by Gasteiger charge is 2.44. The van der Waals surface area contributed by atoms with Gasteiger partial charge in [-0.05, 0) is 78.0 Å². The summed E-state index contributed by atoms with van der Waals surface area (Å²) in [5.74, 6) is 0.573. The van der Waals surface area contributed by atoms with Crippen LogP contribution in [-0.2, 0) is 20.9 Å². The molecule has 1 unspecified atom stereocenters. The molecule has 3 aliphatic rings. The maximum Gasteiger partial charge on any atom is 0.252 e. The number of methoxy groups -OCH3 is 1. The minimum Gasteiger partial charge on any atom is -0.493 e. The molecule has 10 nitrogen and oxygen atoms in total. The number of benzene rings is 1. The van der Waals surface area contributed by atoms with Gasteiger partial charge in [0, 0.05) is 31.7 Å². The van der Waals surface area contributed by atoms with Crippen LogP contribution < -0.4 is 14.8 Å². The smallest absolute Gasteiger partial charge is 0.252 e. The molecule has 4 N–H and O–H groups in total. The van der Waals surface area contributed by atoms with E-state index < -0.39 is 24.4 Å². The number of carbonyl (C=O) groups is 2. The first-order valence-corrected chi connectivity index (χ1v) is 13.8. The van der Waals surface area contributed by atoms with E-state index in [1.807, 2.05) is 0 Å². The van der Waals surface area contributed by atoms with Gasteiger partial charge >= 0.3 is 0 Å². The number of carbonyl (C=O) groups excluding carboxylic acids is 2. The molecule has 1 aliphatic heterocycles. The standard InChI is InChI=1S/C26H35IN2O8/c1-35-22-10-16(14-31)9-18(27)24(22)37-21-12-17(25(33)28-6-7-30)11-19(23(21)32)29(13-15-4-5-15)26(34)20-3-2-8-36-20/h9-10,12,15,19-21,23,30-32H,2-8,11,13-14H2,1H3,(H,28,33)/t19-,20?,21+,23+/m1/s1. The summed E-state index contributed by atoms with van der Waals surface area (Å²) >= 11 is 2.07. The van der Waals surface area contributed by atoms with Gasteiger partial charge in [-0.1, -0.05) is 0 Å². The van der Waals surface area contributed by atoms with Gasteiger partial charge in [-0.2, -0.15) is 0 Å². The number of nitrogens with zero attached hydrogens (tertiary/aromatic N) is 1. The first kappa shape index (κ1) is 28.1. The van der Waals surface area contributed by atoms with E-state index in [1.54, 1.807) is 23.1 Å². The molecule has 1 aromatic rings. The number of aliphatic hydroxyl groups excluding tert-OH is 3. The van der Waals surface area contributed by atoms with Crippen LogP contribution >= 0.6 is 22.6 Å². The average molecular weight is 630 g/mol. The van der Waals surface area contributed by atoms with Crippen molar-refractivity contribution in [3.8, 4) is 11.5 Å². The Morgan fingerprint density at radius 1 is 1.24 bits per heavy atom. The zero-order valence-electron chi connectivity index (χ0n) is 20.9. The number of rotatable bonds is 11. The highest BCUT2D eigenvalue weighted by Crippen LogP contribution is 2.38. The number of ether oxygens (including phenoxy) is 3. The van der Waals surface area contributed by atoms with Crippen LogP contribution in [0.5, 0.6) is 11.5 Å². The summed E-state index contributed by atoms with van der Waals surface area (Å²) in [6.45, 7) is 0.734. The van der Waals surface area contributed by atoms with Gasteiger partial charge in [0.25, 0.3) is 5.91 Å². The number of amides is 2. The fourth-order valence-electron chi connectivity index (χ4n) is 4.82. The van der Waals surface area contributed by atoms with Gasteiger partial charge in [-0.25, -0.2) is 0 Å². The minimum absolute atomic E-state index is 0.0872. The van der Waals surface area contributed by atoms with E-state index in [1.165, 1.54) is 7.11 Å². The molecule has 0 spiro atoms. The molecule has 1 heterocycles. The highest BCUT2D eigenvalue weighted by atomic mass is 127. The lowest BCUT2D eigenvalue weighted by molar-refractivity contribution is -0.148. The number of aliphatic hydroxyl groups is 3. The molecular formula is C26H35IN2O8. The molecule has 11 heteroatoms. The minimum atomic E-state index is -1.11. The van der Waals surface area contributed by atoms with Crippen LogP contribution in [0.2, 0.25) is 0 Å². The van der Waals surface area contributed by atoms with Gasteiger partial charge < -0.3 is 39.7 Å². The molecule has 2 aliphatic carbocycles. The summed E-state index contributed by atoms with van der Waals surface area (Å²) < 4.78 is 18.1. The average Bonchev–Trinajstić information content (AvgIpc) is 3.56. The van der Waals surface area contributed by atoms with Gasteiger partial charge in [0.05, 0.1) is 29.9 Å². The van der Waals surface area contributed by atoms with E-state index in [0.717, 1.165) is 19.3 Å². The van der Waals surface area contributed by atoms with Crippen molar-refractivity contribution in [2.75, 3.05) is 33.4 Å². The monoisotopic (exact) mass is 630 g/mol. The van der Waals surface area contributed by atoms with E-state index >= 15 is 0 Å². The van der Waals surface area contributed by atoms with E-state index in [0.29, 0.717) is 51.7 Å².